The molecule has 1 atom stereocenters. The minimum Gasteiger partial charge on any atom is -0.393 e. The first-order chi connectivity index (χ1) is 10.1. The second-order valence-electron chi connectivity index (χ2n) is 5.34. The Balaban J connectivity index is 1.99. The van der Waals surface area contributed by atoms with E-state index in [-0.39, 0.29) is 12.0 Å². The zero-order valence-corrected chi connectivity index (χ0v) is 13.1. The first-order valence-corrected chi connectivity index (χ1v) is 7.86. The van der Waals surface area contributed by atoms with E-state index in [1.807, 2.05) is 6.92 Å². The highest BCUT2D eigenvalue weighted by Crippen LogP contribution is 2.22. The molecule has 1 fully saturated rings. The fraction of sp³-hybridized carbons (Fsp3) is 0.600. The van der Waals surface area contributed by atoms with Crippen molar-refractivity contribution in [1.82, 2.24) is 10.3 Å². The van der Waals surface area contributed by atoms with Gasteiger partial charge in [-0.05, 0) is 37.8 Å². The number of nitrogens with one attached hydrogen (secondary N) is 1. The summed E-state index contributed by atoms with van der Waals surface area (Å²) in [4.78, 5) is 18.6. The number of carbonyl (C=O) groups is 1. The molecule has 1 saturated heterocycles. The van der Waals surface area contributed by atoms with Gasteiger partial charge in [-0.15, -0.1) is 0 Å². The van der Waals surface area contributed by atoms with Crippen molar-refractivity contribution in [3.63, 3.8) is 0 Å². The third-order valence-corrected chi connectivity index (χ3v) is 3.90. The van der Waals surface area contributed by atoms with Gasteiger partial charge in [0.05, 0.1) is 6.10 Å². The van der Waals surface area contributed by atoms with E-state index < -0.39 is 0 Å². The van der Waals surface area contributed by atoms with Crippen LogP contribution in [0.4, 0.5) is 5.82 Å². The van der Waals surface area contributed by atoms with Crippen molar-refractivity contribution < 1.29 is 9.90 Å². The van der Waals surface area contributed by atoms with Crippen molar-refractivity contribution in [3.05, 3.63) is 22.8 Å². The van der Waals surface area contributed by atoms with Gasteiger partial charge in [0.1, 0.15) is 11.0 Å². The van der Waals surface area contributed by atoms with Crippen LogP contribution >= 0.6 is 11.6 Å². The van der Waals surface area contributed by atoms with E-state index in [0.717, 1.165) is 31.7 Å². The first kappa shape index (κ1) is 16.0. The number of aliphatic hydroxyl groups is 1. The maximum Gasteiger partial charge on any atom is 0.251 e. The second kappa shape index (κ2) is 7.61. The van der Waals surface area contributed by atoms with Crippen LogP contribution in [0.15, 0.2) is 12.1 Å². The summed E-state index contributed by atoms with van der Waals surface area (Å²) in [7, 11) is 0. The van der Waals surface area contributed by atoms with Gasteiger partial charge in [-0.3, -0.25) is 4.79 Å². The minimum atomic E-state index is -0.369. The van der Waals surface area contributed by atoms with E-state index in [1.54, 1.807) is 12.1 Å². The molecule has 1 unspecified atom stereocenters. The van der Waals surface area contributed by atoms with Gasteiger partial charge in [0.25, 0.3) is 5.91 Å². The molecule has 0 radical (unpaired) electrons. The molecule has 1 aromatic rings. The quantitative estimate of drug-likeness (QED) is 0.791. The fourth-order valence-corrected chi connectivity index (χ4v) is 2.59. The zero-order chi connectivity index (χ0) is 15.2. The fourth-order valence-electron chi connectivity index (χ4n) is 2.38. The maximum atomic E-state index is 12.1. The second-order valence-corrected chi connectivity index (χ2v) is 5.72. The molecular weight excluding hydrogens is 290 g/mol. The van der Waals surface area contributed by atoms with Gasteiger partial charge in [0, 0.05) is 25.2 Å². The number of hydrogen-bond acceptors (Lipinski definition) is 4. The summed E-state index contributed by atoms with van der Waals surface area (Å²) in [5, 5.41) is 12.6. The van der Waals surface area contributed by atoms with Crippen LogP contribution in [0.2, 0.25) is 5.15 Å². The lowest BCUT2D eigenvalue weighted by Crippen LogP contribution is -2.27. The number of nitrogens with zero attached hydrogens (tertiary/aromatic N) is 2. The number of aromatic nitrogens is 1. The van der Waals surface area contributed by atoms with Crippen LogP contribution in [0.1, 0.15) is 43.0 Å². The largest absolute Gasteiger partial charge is 0.393 e. The zero-order valence-electron chi connectivity index (χ0n) is 12.3. The SMILES string of the molecule is CCC(O)CCNC(=O)c1cc(Cl)nc(N2CCCC2)c1. The van der Waals surface area contributed by atoms with Crippen molar-refractivity contribution in [2.75, 3.05) is 24.5 Å². The molecular formula is C15H22ClN3O2. The van der Waals surface area contributed by atoms with Crippen molar-refractivity contribution in [2.24, 2.45) is 0 Å². The molecule has 1 amide bonds. The Hall–Kier alpha value is -1.33. The predicted molar refractivity (Wildman–Crippen MR) is 83.9 cm³/mol. The average molecular weight is 312 g/mol. The number of anilines is 1. The third-order valence-electron chi connectivity index (χ3n) is 3.71. The summed E-state index contributed by atoms with van der Waals surface area (Å²) in [6.07, 6.45) is 3.16. The maximum absolute atomic E-state index is 12.1. The topological polar surface area (TPSA) is 65.5 Å². The van der Waals surface area contributed by atoms with Crippen LogP contribution in [-0.4, -0.2) is 41.7 Å². The minimum absolute atomic E-state index is 0.178. The van der Waals surface area contributed by atoms with Gasteiger partial charge in [-0.1, -0.05) is 18.5 Å². The molecule has 1 aromatic heterocycles. The predicted octanol–water partition coefficient (Wildman–Crippen LogP) is 2.23. The molecule has 2 N–H and O–H groups in total. The summed E-state index contributed by atoms with van der Waals surface area (Å²) in [6, 6.07) is 3.36. The first-order valence-electron chi connectivity index (χ1n) is 7.49. The highest BCUT2D eigenvalue weighted by Gasteiger charge is 2.17. The molecule has 0 aromatic carbocycles. The molecule has 6 heteroatoms. The number of amides is 1. The molecule has 0 spiro atoms. The Labute approximate surface area is 130 Å². The van der Waals surface area contributed by atoms with Crippen molar-refractivity contribution in [1.29, 1.82) is 0 Å². The van der Waals surface area contributed by atoms with Crippen LogP contribution < -0.4 is 10.2 Å². The normalized spacial score (nSPS) is 16.0. The van der Waals surface area contributed by atoms with E-state index in [1.165, 1.54) is 0 Å². The molecule has 0 aliphatic carbocycles. The van der Waals surface area contributed by atoms with Gasteiger partial charge < -0.3 is 15.3 Å². The Morgan fingerprint density at radius 3 is 2.86 bits per heavy atom. The van der Waals surface area contributed by atoms with Crippen molar-refractivity contribution >= 4 is 23.3 Å². The van der Waals surface area contributed by atoms with Gasteiger partial charge in [0.2, 0.25) is 0 Å². The van der Waals surface area contributed by atoms with Gasteiger partial charge >= 0.3 is 0 Å². The Morgan fingerprint density at radius 2 is 2.19 bits per heavy atom. The Kier molecular flexibility index (Phi) is 5.82. The number of halogens is 1. The summed E-state index contributed by atoms with van der Waals surface area (Å²) >= 11 is 6.02. The number of hydrogen-bond donors (Lipinski definition) is 2. The monoisotopic (exact) mass is 311 g/mol. The average Bonchev–Trinajstić information content (AvgIpc) is 3.00. The van der Waals surface area contributed by atoms with E-state index in [0.29, 0.717) is 30.1 Å². The van der Waals surface area contributed by atoms with Crippen molar-refractivity contribution in [3.8, 4) is 0 Å². The molecule has 1 aliphatic rings. The van der Waals surface area contributed by atoms with E-state index in [2.05, 4.69) is 15.2 Å². The summed E-state index contributed by atoms with van der Waals surface area (Å²) in [6.45, 7) is 4.28. The number of pyridine rings is 1. The Bertz CT molecular complexity index is 490. The Morgan fingerprint density at radius 1 is 1.48 bits per heavy atom. The molecule has 1 aliphatic heterocycles. The smallest absolute Gasteiger partial charge is 0.251 e. The molecule has 2 heterocycles. The lowest BCUT2D eigenvalue weighted by Gasteiger charge is -2.17. The van der Waals surface area contributed by atoms with E-state index in [4.69, 9.17) is 11.6 Å². The lowest BCUT2D eigenvalue weighted by atomic mass is 10.2. The molecule has 5 nitrogen and oxygen atoms in total. The van der Waals surface area contributed by atoms with Crippen molar-refractivity contribution in [2.45, 2.75) is 38.7 Å². The van der Waals surface area contributed by atoms with Crippen LogP contribution in [0.3, 0.4) is 0 Å². The summed E-state index contributed by atoms with van der Waals surface area (Å²) in [5.74, 6) is 0.585. The standard InChI is InChI=1S/C15H22ClN3O2/c1-2-12(20)5-6-17-15(21)11-9-13(16)18-14(10-11)19-7-3-4-8-19/h9-10,12,20H,2-8H2,1H3,(H,17,21). The van der Waals surface area contributed by atoms with Gasteiger partial charge in [-0.2, -0.15) is 0 Å². The molecule has 0 saturated carbocycles. The number of rotatable bonds is 6. The van der Waals surface area contributed by atoms with Crippen LogP contribution in [0, 0.1) is 0 Å². The molecule has 0 bridgehead atoms. The summed E-state index contributed by atoms with van der Waals surface area (Å²) in [5.41, 5.74) is 0.517. The molecule has 2 rings (SSSR count). The number of aliphatic hydroxyl groups excluding tert-OH is 1. The third kappa shape index (κ3) is 4.58. The molecule has 21 heavy (non-hydrogen) atoms. The van der Waals surface area contributed by atoms with Crippen LogP contribution in [0.5, 0.6) is 0 Å². The highest BCUT2D eigenvalue weighted by molar-refractivity contribution is 6.29. The van der Waals surface area contributed by atoms with Gasteiger partial charge in [0.15, 0.2) is 0 Å². The van der Waals surface area contributed by atoms with Gasteiger partial charge in [-0.25, -0.2) is 4.98 Å². The number of carbonyl (C=O) groups excluding carboxylic acids is 1. The van der Waals surface area contributed by atoms with Crippen LogP contribution in [-0.2, 0) is 0 Å². The van der Waals surface area contributed by atoms with E-state index >= 15 is 0 Å². The lowest BCUT2D eigenvalue weighted by molar-refractivity contribution is 0.0942. The van der Waals surface area contributed by atoms with Crippen LogP contribution in [0.25, 0.3) is 0 Å². The molecule has 116 valence electrons. The highest BCUT2D eigenvalue weighted by atomic mass is 35.5. The summed E-state index contributed by atoms with van der Waals surface area (Å²) < 4.78 is 0. The van der Waals surface area contributed by atoms with E-state index in [9.17, 15) is 9.90 Å².